The van der Waals surface area contributed by atoms with Crippen molar-refractivity contribution < 1.29 is 14.3 Å². The molecule has 1 aliphatic rings. The molecule has 1 aromatic heterocycles. The highest BCUT2D eigenvalue weighted by Gasteiger charge is 2.27. The second-order valence-corrected chi connectivity index (χ2v) is 7.82. The van der Waals surface area contributed by atoms with Crippen molar-refractivity contribution >= 4 is 23.3 Å². The van der Waals surface area contributed by atoms with Crippen LogP contribution in [-0.4, -0.2) is 34.9 Å². The van der Waals surface area contributed by atoms with E-state index >= 15 is 0 Å². The van der Waals surface area contributed by atoms with Crippen molar-refractivity contribution in [2.45, 2.75) is 19.8 Å². The van der Waals surface area contributed by atoms with Gasteiger partial charge in [0.15, 0.2) is 0 Å². The van der Waals surface area contributed by atoms with E-state index in [1.807, 2.05) is 67.6 Å². The van der Waals surface area contributed by atoms with Gasteiger partial charge in [-0.3, -0.25) is 9.78 Å². The van der Waals surface area contributed by atoms with E-state index in [9.17, 15) is 9.59 Å². The number of hydrogen-bond acceptors (Lipinski definition) is 4. The SMILES string of the molecule is Cc1cc(NC(=O)C2CCN(C(=O)Nc3ccccc3)CC2)ccc1Oc1cccnc1. The number of urea groups is 1. The molecular formula is C25H26N4O3. The summed E-state index contributed by atoms with van der Waals surface area (Å²) >= 11 is 0. The monoisotopic (exact) mass is 430 g/mol. The molecule has 2 N–H and O–H groups in total. The number of likely N-dealkylation sites (tertiary alicyclic amines) is 1. The Bertz CT molecular complexity index is 1070. The van der Waals surface area contributed by atoms with Crippen molar-refractivity contribution in [3.63, 3.8) is 0 Å². The topological polar surface area (TPSA) is 83.6 Å². The summed E-state index contributed by atoms with van der Waals surface area (Å²) in [6.07, 6.45) is 4.62. The van der Waals surface area contributed by atoms with Crippen molar-refractivity contribution in [2.24, 2.45) is 5.92 Å². The number of carbonyl (C=O) groups is 2. The predicted molar refractivity (Wildman–Crippen MR) is 124 cm³/mol. The Morgan fingerprint density at radius 1 is 0.969 bits per heavy atom. The average molecular weight is 431 g/mol. The van der Waals surface area contributed by atoms with Crippen LogP contribution in [0.1, 0.15) is 18.4 Å². The lowest BCUT2D eigenvalue weighted by Gasteiger charge is -2.31. The minimum absolute atomic E-state index is 0.0200. The molecule has 0 saturated carbocycles. The first-order chi connectivity index (χ1) is 15.6. The van der Waals surface area contributed by atoms with E-state index in [0.29, 0.717) is 37.4 Å². The fraction of sp³-hybridized carbons (Fsp3) is 0.240. The van der Waals surface area contributed by atoms with E-state index in [1.54, 1.807) is 17.3 Å². The molecule has 3 amide bonds. The molecule has 2 aromatic carbocycles. The number of anilines is 2. The molecule has 0 atom stereocenters. The second kappa shape index (κ2) is 9.96. The normalized spacial score (nSPS) is 14.0. The number of pyridine rings is 1. The van der Waals surface area contributed by atoms with Crippen LogP contribution < -0.4 is 15.4 Å². The van der Waals surface area contributed by atoms with Crippen LogP contribution in [0.3, 0.4) is 0 Å². The van der Waals surface area contributed by atoms with E-state index < -0.39 is 0 Å². The Balaban J connectivity index is 1.28. The Morgan fingerprint density at radius 2 is 1.75 bits per heavy atom. The van der Waals surface area contributed by atoms with Crippen LogP contribution in [0.25, 0.3) is 0 Å². The number of amides is 3. The maximum Gasteiger partial charge on any atom is 0.321 e. The summed E-state index contributed by atoms with van der Waals surface area (Å²) in [5.41, 5.74) is 2.41. The van der Waals surface area contributed by atoms with E-state index in [1.165, 1.54) is 0 Å². The molecule has 3 aromatic rings. The van der Waals surface area contributed by atoms with Crippen molar-refractivity contribution in [1.29, 1.82) is 0 Å². The van der Waals surface area contributed by atoms with Crippen LogP contribution in [0, 0.1) is 12.8 Å². The van der Waals surface area contributed by atoms with E-state index in [4.69, 9.17) is 4.74 Å². The van der Waals surface area contributed by atoms with Crippen LogP contribution in [-0.2, 0) is 4.79 Å². The number of nitrogens with zero attached hydrogens (tertiary/aromatic N) is 2. The Labute approximate surface area is 187 Å². The van der Waals surface area contributed by atoms with Gasteiger partial charge in [0.25, 0.3) is 0 Å². The fourth-order valence-electron chi connectivity index (χ4n) is 3.69. The van der Waals surface area contributed by atoms with Gasteiger partial charge in [0, 0.05) is 36.6 Å². The summed E-state index contributed by atoms with van der Waals surface area (Å²) in [4.78, 5) is 31.0. The van der Waals surface area contributed by atoms with Gasteiger partial charge >= 0.3 is 6.03 Å². The number of nitrogens with one attached hydrogen (secondary N) is 2. The molecule has 0 unspecified atom stereocenters. The van der Waals surface area contributed by atoms with Gasteiger partial charge < -0.3 is 20.3 Å². The molecule has 0 spiro atoms. The minimum Gasteiger partial charge on any atom is -0.455 e. The number of piperidine rings is 1. The number of aromatic nitrogens is 1. The average Bonchev–Trinajstić information content (AvgIpc) is 2.82. The Kier molecular flexibility index (Phi) is 6.65. The molecule has 0 radical (unpaired) electrons. The molecule has 1 fully saturated rings. The number of rotatable bonds is 5. The number of carbonyl (C=O) groups excluding carboxylic acids is 2. The van der Waals surface area contributed by atoms with Gasteiger partial charge in [-0.1, -0.05) is 18.2 Å². The predicted octanol–water partition coefficient (Wildman–Crippen LogP) is 5.06. The van der Waals surface area contributed by atoms with Crippen molar-refractivity contribution in [3.8, 4) is 11.5 Å². The van der Waals surface area contributed by atoms with Gasteiger partial charge in [-0.2, -0.15) is 0 Å². The first-order valence-electron chi connectivity index (χ1n) is 10.7. The lowest BCUT2D eigenvalue weighted by atomic mass is 9.96. The first kappa shape index (κ1) is 21.4. The lowest BCUT2D eigenvalue weighted by Crippen LogP contribution is -2.43. The number of para-hydroxylation sites is 1. The number of ether oxygens (including phenoxy) is 1. The van der Waals surface area contributed by atoms with E-state index in [0.717, 1.165) is 16.9 Å². The van der Waals surface area contributed by atoms with Gasteiger partial charge in [-0.15, -0.1) is 0 Å². The van der Waals surface area contributed by atoms with Crippen LogP contribution >= 0.6 is 0 Å². The van der Waals surface area contributed by atoms with Gasteiger partial charge in [0.05, 0.1) is 6.20 Å². The Hall–Kier alpha value is -3.87. The highest BCUT2D eigenvalue weighted by molar-refractivity contribution is 5.93. The third-order valence-corrected chi connectivity index (χ3v) is 5.48. The van der Waals surface area contributed by atoms with Gasteiger partial charge in [-0.05, 0) is 67.8 Å². The molecule has 4 rings (SSSR count). The maximum atomic E-state index is 12.8. The minimum atomic E-state index is -0.130. The fourth-order valence-corrected chi connectivity index (χ4v) is 3.69. The quantitative estimate of drug-likeness (QED) is 0.592. The van der Waals surface area contributed by atoms with Crippen LogP contribution in [0.5, 0.6) is 11.5 Å². The van der Waals surface area contributed by atoms with Gasteiger partial charge in [-0.25, -0.2) is 4.79 Å². The summed E-state index contributed by atoms with van der Waals surface area (Å²) in [7, 11) is 0. The maximum absolute atomic E-state index is 12.8. The molecule has 32 heavy (non-hydrogen) atoms. The Morgan fingerprint density at radius 3 is 2.44 bits per heavy atom. The molecular weight excluding hydrogens is 404 g/mol. The highest BCUT2D eigenvalue weighted by atomic mass is 16.5. The molecule has 164 valence electrons. The third kappa shape index (κ3) is 5.43. The summed E-state index contributed by atoms with van der Waals surface area (Å²) in [5, 5.41) is 5.90. The van der Waals surface area contributed by atoms with Crippen molar-refractivity contribution in [1.82, 2.24) is 9.88 Å². The summed E-state index contributed by atoms with van der Waals surface area (Å²) in [5.74, 6) is 1.24. The zero-order valence-corrected chi connectivity index (χ0v) is 18.0. The first-order valence-corrected chi connectivity index (χ1v) is 10.7. The number of aryl methyl sites for hydroxylation is 1. The third-order valence-electron chi connectivity index (χ3n) is 5.48. The summed E-state index contributed by atoms with van der Waals surface area (Å²) in [6, 6.07) is 18.5. The van der Waals surface area contributed by atoms with Crippen molar-refractivity contribution in [2.75, 3.05) is 23.7 Å². The standard InChI is InChI=1S/C25H26N4O3/c1-18-16-21(9-10-23(18)32-22-8-5-13-26-17-22)27-24(30)19-11-14-29(15-12-19)25(31)28-20-6-3-2-4-7-20/h2-10,13,16-17,19H,11-12,14-15H2,1H3,(H,27,30)(H,28,31). The smallest absolute Gasteiger partial charge is 0.321 e. The van der Waals surface area contributed by atoms with E-state index in [-0.39, 0.29) is 17.9 Å². The number of hydrogen-bond donors (Lipinski definition) is 2. The molecule has 1 saturated heterocycles. The van der Waals surface area contributed by atoms with Crippen LogP contribution in [0.4, 0.5) is 16.2 Å². The second-order valence-electron chi connectivity index (χ2n) is 7.82. The largest absolute Gasteiger partial charge is 0.455 e. The molecule has 0 bridgehead atoms. The molecule has 7 nitrogen and oxygen atoms in total. The molecule has 1 aliphatic heterocycles. The molecule has 0 aliphatic carbocycles. The highest BCUT2D eigenvalue weighted by Crippen LogP contribution is 2.27. The van der Waals surface area contributed by atoms with Crippen molar-refractivity contribution in [3.05, 3.63) is 78.6 Å². The zero-order chi connectivity index (χ0) is 22.3. The van der Waals surface area contributed by atoms with Crippen LogP contribution in [0.15, 0.2) is 73.1 Å². The summed E-state index contributed by atoms with van der Waals surface area (Å²) < 4.78 is 5.84. The number of benzene rings is 2. The molecule has 7 heteroatoms. The molecule has 2 heterocycles. The zero-order valence-electron chi connectivity index (χ0n) is 18.0. The lowest BCUT2D eigenvalue weighted by molar-refractivity contribution is -0.121. The van der Waals surface area contributed by atoms with Crippen LogP contribution in [0.2, 0.25) is 0 Å². The van der Waals surface area contributed by atoms with Gasteiger partial charge in [0.1, 0.15) is 11.5 Å². The van der Waals surface area contributed by atoms with E-state index in [2.05, 4.69) is 15.6 Å². The van der Waals surface area contributed by atoms with Gasteiger partial charge in [0.2, 0.25) is 5.91 Å². The summed E-state index contributed by atoms with van der Waals surface area (Å²) in [6.45, 7) is 3.03.